The number of nitrogens with zero attached hydrogens (tertiary/aromatic N) is 1. The molecule has 0 spiro atoms. The number of unbranched alkanes of at least 4 members (excludes halogenated alkanes) is 12. The van der Waals surface area contributed by atoms with E-state index in [1.54, 1.807) is 0 Å². The maximum Gasteiger partial charge on any atom is 0.313 e. The Hall–Kier alpha value is 0.110. The second-order valence-electron chi connectivity index (χ2n) is 7.48. The fourth-order valence-electron chi connectivity index (χ4n) is 3.73. The smallest absolute Gasteiger partial charge is 0.313 e. The summed E-state index contributed by atoms with van der Waals surface area (Å²) >= 11 is 0. The van der Waals surface area contributed by atoms with Crippen molar-refractivity contribution < 1.29 is 26.3 Å². The summed E-state index contributed by atoms with van der Waals surface area (Å²) < 4.78 is 0.679. The Morgan fingerprint density at radius 1 is 0.560 bits per heavy atom. The average Bonchev–Trinajstić information content (AvgIpc) is 2.61. The Labute approximate surface area is 169 Å². The Balaban J connectivity index is 0. The highest BCUT2D eigenvalue weighted by Crippen LogP contribution is 2.15. The van der Waals surface area contributed by atoms with Crippen molar-refractivity contribution >= 4 is 5.91 Å². The topological polar surface area (TPSA) is 17.1 Å². The molecule has 1 amide bonds. The molecule has 0 radical (unpaired) electrons. The minimum absolute atomic E-state index is 0. The van der Waals surface area contributed by atoms with E-state index in [0.29, 0.717) is 10.4 Å². The summed E-state index contributed by atoms with van der Waals surface area (Å²) in [4.78, 5) is 12.4. The molecule has 152 valence electrons. The van der Waals surface area contributed by atoms with Crippen LogP contribution in [0.5, 0.6) is 0 Å². The minimum Gasteiger partial charge on any atom is -1.00 e. The van der Waals surface area contributed by atoms with Crippen LogP contribution in [0.3, 0.4) is 0 Å². The van der Waals surface area contributed by atoms with Gasteiger partial charge in [-0.15, -0.1) is 0 Å². The van der Waals surface area contributed by atoms with E-state index in [1.165, 1.54) is 77.0 Å². The largest absolute Gasteiger partial charge is 1.00 e. The minimum atomic E-state index is 0. The predicted octanol–water partition coefficient (Wildman–Crippen LogP) is 3.87. The van der Waals surface area contributed by atoms with Gasteiger partial charge in [0, 0.05) is 0 Å². The summed E-state index contributed by atoms with van der Waals surface area (Å²) in [5.41, 5.74) is 0. The quantitative estimate of drug-likeness (QED) is 0.258. The van der Waals surface area contributed by atoms with Crippen LogP contribution >= 0.6 is 0 Å². The molecule has 0 rings (SSSR count). The van der Waals surface area contributed by atoms with Crippen LogP contribution in [0.4, 0.5) is 0 Å². The molecule has 0 bridgehead atoms. The molecule has 0 aromatic heterocycles. The zero-order chi connectivity index (χ0) is 18.1. The Morgan fingerprint density at radius 2 is 0.880 bits per heavy atom. The molecule has 0 aromatic carbocycles. The third-order valence-electron chi connectivity index (χ3n) is 5.84. The van der Waals surface area contributed by atoms with Crippen LogP contribution in [-0.4, -0.2) is 30.0 Å². The number of rotatable bonds is 17. The third kappa shape index (κ3) is 13.0. The van der Waals surface area contributed by atoms with Gasteiger partial charge in [-0.1, -0.05) is 84.0 Å². The summed E-state index contributed by atoms with van der Waals surface area (Å²) in [6.07, 6.45) is 18.5. The van der Waals surface area contributed by atoms with Crippen molar-refractivity contribution in [1.29, 1.82) is 0 Å². The lowest BCUT2D eigenvalue weighted by Crippen LogP contribution is -3.00. The third-order valence-corrected chi connectivity index (χ3v) is 5.84. The average molecular weight is 421 g/mol. The first-order valence-electron chi connectivity index (χ1n) is 11.1. The molecule has 0 aliphatic rings. The van der Waals surface area contributed by atoms with Gasteiger partial charge in [-0.2, -0.15) is 0 Å². The first-order valence-corrected chi connectivity index (χ1v) is 11.1. The van der Waals surface area contributed by atoms with Crippen molar-refractivity contribution in [3.63, 3.8) is 0 Å². The molecule has 0 unspecified atom stereocenters. The van der Waals surface area contributed by atoms with E-state index < -0.39 is 0 Å². The van der Waals surface area contributed by atoms with Crippen LogP contribution < -0.4 is 17.0 Å². The van der Waals surface area contributed by atoms with Crippen LogP contribution in [0, 0.1) is 0 Å². The van der Waals surface area contributed by atoms with Crippen molar-refractivity contribution in [3.8, 4) is 0 Å². The number of halogens is 1. The first kappa shape index (κ1) is 27.3. The van der Waals surface area contributed by atoms with Crippen molar-refractivity contribution in [2.24, 2.45) is 0 Å². The van der Waals surface area contributed by atoms with Crippen molar-refractivity contribution in [1.82, 2.24) is 0 Å². The number of quaternary nitrogens is 1. The summed E-state index contributed by atoms with van der Waals surface area (Å²) in [7, 11) is 0. The van der Waals surface area contributed by atoms with Crippen LogP contribution in [0.1, 0.15) is 118 Å². The summed E-state index contributed by atoms with van der Waals surface area (Å²) in [5.74, 6) is 0.463. The van der Waals surface area contributed by atoms with Crippen molar-refractivity contribution in [3.05, 3.63) is 0 Å². The van der Waals surface area contributed by atoms with Gasteiger partial charge in [-0.3, -0.25) is 4.48 Å². The van der Waals surface area contributed by atoms with Gasteiger partial charge in [0.2, 0.25) is 0 Å². The van der Waals surface area contributed by atoms with Gasteiger partial charge in [0.1, 0.15) is 0 Å². The summed E-state index contributed by atoms with van der Waals surface area (Å²) in [6, 6.07) is 0. The van der Waals surface area contributed by atoms with Crippen LogP contribution in [0.15, 0.2) is 0 Å². The fourth-order valence-corrected chi connectivity index (χ4v) is 3.73. The standard InChI is InChI=1S/C22H46NO.BrH/c1-5-9-10-11-12-13-14-15-16-17-18-19-20-21-22(24)23(6-2,7-3)8-4;/h5-21H2,1-4H3;1H/q+1;/p-1. The fraction of sp³-hybridized carbons (Fsp3) is 0.955. The number of carbonyl (C=O) groups excluding carboxylic acids is 1. The highest BCUT2D eigenvalue weighted by molar-refractivity contribution is 5.68. The molecule has 0 aliphatic heterocycles. The highest BCUT2D eigenvalue weighted by atomic mass is 79.9. The number of hydrogen-bond acceptors (Lipinski definition) is 1. The zero-order valence-electron chi connectivity index (χ0n) is 17.8. The van der Waals surface area contributed by atoms with Crippen LogP contribution in [0.25, 0.3) is 0 Å². The number of amides is 1. The SMILES string of the molecule is CCCCCCCCCCCCCCCC(=O)[N+](CC)(CC)CC.[Br-]. The first-order chi connectivity index (χ1) is 11.7. The Kier molecular flexibility index (Phi) is 20.6. The summed E-state index contributed by atoms with van der Waals surface area (Å²) in [6.45, 7) is 11.6. The Bertz CT molecular complexity index is 281. The van der Waals surface area contributed by atoms with E-state index in [2.05, 4.69) is 27.7 Å². The van der Waals surface area contributed by atoms with E-state index >= 15 is 0 Å². The molecular weight excluding hydrogens is 374 g/mol. The van der Waals surface area contributed by atoms with Gasteiger partial charge in [0.15, 0.2) is 0 Å². The molecule has 0 saturated heterocycles. The molecule has 0 fully saturated rings. The second-order valence-corrected chi connectivity index (χ2v) is 7.48. The molecule has 0 saturated carbocycles. The van der Waals surface area contributed by atoms with E-state index in [4.69, 9.17) is 0 Å². The molecule has 0 aromatic rings. The monoisotopic (exact) mass is 419 g/mol. The van der Waals surface area contributed by atoms with Gasteiger partial charge in [0.25, 0.3) is 0 Å². The number of carbonyl (C=O) groups is 1. The normalized spacial score (nSPS) is 11.4. The van der Waals surface area contributed by atoms with E-state index in [0.717, 1.165) is 32.5 Å². The van der Waals surface area contributed by atoms with Gasteiger partial charge in [-0.25, -0.2) is 4.79 Å². The van der Waals surface area contributed by atoms with E-state index in [-0.39, 0.29) is 17.0 Å². The summed E-state index contributed by atoms with van der Waals surface area (Å²) in [5, 5.41) is 0. The maximum atomic E-state index is 12.4. The highest BCUT2D eigenvalue weighted by Gasteiger charge is 2.29. The lowest BCUT2D eigenvalue weighted by molar-refractivity contribution is -0.849. The zero-order valence-corrected chi connectivity index (χ0v) is 19.3. The molecule has 0 heterocycles. The maximum absolute atomic E-state index is 12.4. The van der Waals surface area contributed by atoms with Crippen LogP contribution in [-0.2, 0) is 4.79 Å². The number of hydrogen-bond donors (Lipinski definition) is 0. The van der Waals surface area contributed by atoms with E-state index in [1.807, 2.05) is 0 Å². The molecule has 2 nitrogen and oxygen atoms in total. The lowest BCUT2D eigenvalue weighted by Gasteiger charge is -2.32. The molecule has 0 N–H and O–H groups in total. The molecule has 3 heteroatoms. The Morgan fingerprint density at radius 3 is 1.20 bits per heavy atom. The van der Waals surface area contributed by atoms with E-state index in [9.17, 15) is 4.79 Å². The van der Waals surface area contributed by atoms with Crippen molar-refractivity contribution in [2.75, 3.05) is 19.6 Å². The predicted molar refractivity (Wildman–Crippen MR) is 107 cm³/mol. The molecule has 25 heavy (non-hydrogen) atoms. The lowest BCUT2D eigenvalue weighted by atomic mass is 10.0. The molecule has 0 aliphatic carbocycles. The van der Waals surface area contributed by atoms with Gasteiger partial charge < -0.3 is 17.0 Å². The van der Waals surface area contributed by atoms with Gasteiger partial charge in [-0.05, 0) is 27.2 Å². The molecular formula is C22H46BrNO. The van der Waals surface area contributed by atoms with Crippen LogP contribution in [0.2, 0.25) is 0 Å². The van der Waals surface area contributed by atoms with Crippen molar-refractivity contribution in [2.45, 2.75) is 118 Å². The van der Waals surface area contributed by atoms with Gasteiger partial charge >= 0.3 is 5.91 Å². The second kappa shape index (κ2) is 18.9. The van der Waals surface area contributed by atoms with Gasteiger partial charge in [0.05, 0.1) is 26.1 Å². The molecule has 0 atom stereocenters.